The molecule has 0 radical (unpaired) electrons. The molecule has 0 saturated heterocycles. The van der Waals surface area contributed by atoms with E-state index in [1.165, 1.54) is 16.7 Å². The molecule has 0 atom stereocenters. The van der Waals surface area contributed by atoms with E-state index in [0.717, 1.165) is 16.3 Å². The summed E-state index contributed by atoms with van der Waals surface area (Å²) in [5.41, 5.74) is 11.1. The van der Waals surface area contributed by atoms with Gasteiger partial charge in [-0.2, -0.15) is 0 Å². The van der Waals surface area contributed by atoms with Gasteiger partial charge in [-0.1, -0.05) is 23.7 Å². The fourth-order valence-corrected chi connectivity index (χ4v) is 1.97. The molecule has 0 heterocycles. The summed E-state index contributed by atoms with van der Waals surface area (Å²) in [6.45, 7) is 4.08. The lowest BCUT2D eigenvalue weighted by molar-refractivity contribution is 1.39. The van der Waals surface area contributed by atoms with Crippen LogP contribution in [0, 0.1) is 13.8 Å². The molecular formula is C14H14ClN. The number of halogens is 1. The Morgan fingerprint density at radius 3 is 2.19 bits per heavy atom. The van der Waals surface area contributed by atoms with Gasteiger partial charge >= 0.3 is 0 Å². The molecule has 2 aromatic carbocycles. The first-order valence-electron chi connectivity index (χ1n) is 5.20. The van der Waals surface area contributed by atoms with Gasteiger partial charge in [-0.25, -0.2) is 0 Å². The van der Waals surface area contributed by atoms with Crippen molar-refractivity contribution in [2.45, 2.75) is 13.8 Å². The zero-order valence-corrected chi connectivity index (χ0v) is 10.2. The van der Waals surface area contributed by atoms with Crippen LogP contribution in [0.25, 0.3) is 11.1 Å². The van der Waals surface area contributed by atoms with Gasteiger partial charge in [0, 0.05) is 10.7 Å². The van der Waals surface area contributed by atoms with Crippen LogP contribution in [0.5, 0.6) is 0 Å². The van der Waals surface area contributed by atoms with Gasteiger partial charge in [0.25, 0.3) is 0 Å². The molecule has 0 amide bonds. The smallest absolute Gasteiger partial charge is 0.0438 e. The predicted molar refractivity (Wildman–Crippen MR) is 70.8 cm³/mol. The first kappa shape index (κ1) is 11.0. The van der Waals surface area contributed by atoms with E-state index in [-0.39, 0.29) is 0 Å². The molecule has 2 N–H and O–H groups in total. The van der Waals surface area contributed by atoms with Crippen molar-refractivity contribution in [3.8, 4) is 11.1 Å². The van der Waals surface area contributed by atoms with E-state index in [1.54, 1.807) is 0 Å². The zero-order chi connectivity index (χ0) is 11.7. The fraction of sp³-hybridized carbons (Fsp3) is 0.143. The summed E-state index contributed by atoms with van der Waals surface area (Å²) in [7, 11) is 0. The second kappa shape index (κ2) is 4.18. The van der Waals surface area contributed by atoms with Crippen LogP contribution in [-0.4, -0.2) is 0 Å². The number of rotatable bonds is 1. The van der Waals surface area contributed by atoms with Crippen LogP contribution in [0.2, 0.25) is 5.02 Å². The highest BCUT2D eigenvalue weighted by Crippen LogP contribution is 2.29. The molecule has 2 heteroatoms. The lowest BCUT2D eigenvalue weighted by Crippen LogP contribution is -1.88. The number of nitrogens with two attached hydrogens (primary N) is 1. The molecule has 0 aromatic heterocycles. The lowest BCUT2D eigenvalue weighted by Gasteiger charge is -2.09. The molecule has 0 bridgehead atoms. The third-order valence-corrected chi connectivity index (χ3v) is 3.13. The van der Waals surface area contributed by atoms with Crippen molar-refractivity contribution in [1.29, 1.82) is 0 Å². The number of anilines is 1. The van der Waals surface area contributed by atoms with E-state index in [0.29, 0.717) is 0 Å². The third-order valence-electron chi connectivity index (χ3n) is 2.73. The Morgan fingerprint density at radius 1 is 0.938 bits per heavy atom. The van der Waals surface area contributed by atoms with Gasteiger partial charge in [0.2, 0.25) is 0 Å². The van der Waals surface area contributed by atoms with Crippen molar-refractivity contribution in [3.05, 3.63) is 52.5 Å². The first-order valence-corrected chi connectivity index (χ1v) is 5.58. The van der Waals surface area contributed by atoms with Gasteiger partial charge in [0.15, 0.2) is 0 Å². The maximum Gasteiger partial charge on any atom is 0.0438 e. The summed E-state index contributed by atoms with van der Waals surface area (Å²) in [6, 6.07) is 12.0. The highest BCUT2D eigenvalue weighted by molar-refractivity contribution is 6.31. The van der Waals surface area contributed by atoms with E-state index in [2.05, 4.69) is 13.0 Å². The Balaban J connectivity index is 2.56. The van der Waals surface area contributed by atoms with Crippen molar-refractivity contribution in [2.75, 3.05) is 5.73 Å². The number of nitrogen functional groups attached to an aromatic ring is 1. The Morgan fingerprint density at radius 2 is 1.56 bits per heavy atom. The summed E-state index contributed by atoms with van der Waals surface area (Å²) in [5, 5.41) is 0.816. The van der Waals surface area contributed by atoms with Crippen LogP contribution in [-0.2, 0) is 0 Å². The van der Waals surface area contributed by atoms with Crippen molar-refractivity contribution < 1.29 is 0 Å². The SMILES string of the molecule is Cc1cc(-c2ccc(N)cc2)c(C)cc1Cl. The van der Waals surface area contributed by atoms with Crippen LogP contribution in [0.3, 0.4) is 0 Å². The van der Waals surface area contributed by atoms with Crippen LogP contribution < -0.4 is 5.73 Å². The minimum absolute atomic E-state index is 0.784. The largest absolute Gasteiger partial charge is 0.399 e. The quantitative estimate of drug-likeness (QED) is 0.732. The first-order chi connectivity index (χ1) is 7.58. The highest BCUT2D eigenvalue weighted by atomic mass is 35.5. The summed E-state index contributed by atoms with van der Waals surface area (Å²) in [6.07, 6.45) is 0. The van der Waals surface area contributed by atoms with E-state index < -0.39 is 0 Å². The van der Waals surface area contributed by atoms with Gasteiger partial charge < -0.3 is 5.73 Å². The molecule has 82 valence electrons. The Kier molecular flexibility index (Phi) is 2.88. The van der Waals surface area contributed by atoms with Crippen LogP contribution in [0.4, 0.5) is 5.69 Å². The normalized spacial score (nSPS) is 10.4. The molecule has 16 heavy (non-hydrogen) atoms. The Hall–Kier alpha value is -1.47. The van der Waals surface area contributed by atoms with E-state index >= 15 is 0 Å². The number of hydrogen-bond acceptors (Lipinski definition) is 1. The van der Waals surface area contributed by atoms with Crippen LogP contribution in [0.15, 0.2) is 36.4 Å². The van der Waals surface area contributed by atoms with Gasteiger partial charge in [-0.3, -0.25) is 0 Å². The molecule has 0 aliphatic carbocycles. The van der Waals surface area contributed by atoms with Crippen molar-refractivity contribution >= 4 is 17.3 Å². The zero-order valence-electron chi connectivity index (χ0n) is 9.42. The molecule has 0 aliphatic rings. The predicted octanol–water partition coefficient (Wildman–Crippen LogP) is 4.21. The fourth-order valence-electron chi connectivity index (χ4n) is 1.75. The molecule has 0 spiro atoms. The van der Waals surface area contributed by atoms with E-state index in [9.17, 15) is 0 Å². The van der Waals surface area contributed by atoms with Crippen LogP contribution >= 0.6 is 11.6 Å². The minimum atomic E-state index is 0.784. The van der Waals surface area contributed by atoms with E-state index in [4.69, 9.17) is 17.3 Å². The molecule has 1 nitrogen and oxygen atoms in total. The molecular weight excluding hydrogens is 218 g/mol. The summed E-state index contributed by atoms with van der Waals surface area (Å²) in [4.78, 5) is 0. The maximum absolute atomic E-state index is 6.08. The molecule has 2 aromatic rings. The number of hydrogen-bond donors (Lipinski definition) is 1. The monoisotopic (exact) mass is 231 g/mol. The molecule has 0 aliphatic heterocycles. The number of benzene rings is 2. The second-order valence-corrected chi connectivity index (χ2v) is 4.45. The van der Waals surface area contributed by atoms with Crippen LogP contribution in [0.1, 0.15) is 11.1 Å². The molecule has 2 rings (SSSR count). The van der Waals surface area contributed by atoms with Crippen molar-refractivity contribution in [2.24, 2.45) is 0 Å². The van der Waals surface area contributed by atoms with Gasteiger partial charge in [-0.15, -0.1) is 0 Å². The van der Waals surface area contributed by atoms with Gasteiger partial charge in [0.1, 0.15) is 0 Å². The molecule has 0 fully saturated rings. The summed E-state index contributed by atoms with van der Waals surface area (Å²) < 4.78 is 0. The average Bonchev–Trinajstić information content (AvgIpc) is 2.25. The second-order valence-electron chi connectivity index (χ2n) is 4.04. The standard InChI is InChI=1S/C14H14ClN/c1-9-8-14(15)10(2)7-13(9)11-3-5-12(16)6-4-11/h3-8H,16H2,1-2H3. The third kappa shape index (κ3) is 2.05. The summed E-state index contributed by atoms with van der Waals surface area (Å²) in [5.74, 6) is 0. The maximum atomic E-state index is 6.08. The average molecular weight is 232 g/mol. The molecule has 0 unspecified atom stereocenters. The topological polar surface area (TPSA) is 26.0 Å². The van der Waals surface area contributed by atoms with Crippen molar-refractivity contribution in [3.63, 3.8) is 0 Å². The van der Waals surface area contributed by atoms with Gasteiger partial charge in [0.05, 0.1) is 0 Å². The summed E-state index contributed by atoms with van der Waals surface area (Å²) >= 11 is 6.08. The number of aryl methyl sites for hydroxylation is 2. The Bertz CT molecular complexity index is 515. The highest BCUT2D eigenvalue weighted by Gasteiger charge is 2.05. The van der Waals surface area contributed by atoms with E-state index in [1.807, 2.05) is 37.3 Å². The minimum Gasteiger partial charge on any atom is -0.399 e. The Labute approximate surface area is 101 Å². The lowest BCUT2D eigenvalue weighted by atomic mass is 9.98. The van der Waals surface area contributed by atoms with Gasteiger partial charge in [-0.05, 0) is 60.4 Å². The van der Waals surface area contributed by atoms with Crippen molar-refractivity contribution in [1.82, 2.24) is 0 Å². The molecule has 0 saturated carbocycles.